The van der Waals surface area contributed by atoms with Gasteiger partial charge in [0.2, 0.25) is 0 Å². The van der Waals surface area contributed by atoms with Crippen molar-refractivity contribution in [1.29, 1.82) is 0 Å². The number of aromatic nitrogens is 3. The predicted molar refractivity (Wildman–Crippen MR) is 58.5 cm³/mol. The molecule has 0 aliphatic heterocycles. The number of benzene rings is 1. The fourth-order valence-electron chi connectivity index (χ4n) is 1.66. The molecule has 1 aromatic carbocycles. The standard InChI is InChI=1S/C11H11F3N4/c1-18-9(6-16-17-18)10(15)7-3-2-4-8(5-7)11(12,13)14/h2-6,10H,15H2,1H3. The van der Waals surface area contributed by atoms with E-state index in [1.54, 1.807) is 13.1 Å². The number of aryl methyl sites for hydroxylation is 1. The predicted octanol–water partition coefficient (Wildman–Crippen LogP) is 1.88. The summed E-state index contributed by atoms with van der Waals surface area (Å²) in [6, 6.07) is 4.25. The summed E-state index contributed by atoms with van der Waals surface area (Å²) < 4.78 is 39.2. The zero-order chi connectivity index (χ0) is 13.3. The Morgan fingerprint density at radius 1 is 1.33 bits per heavy atom. The van der Waals surface area contributed by atoms with E-state index >= 15 is 0 Å². The Morgan fingerprint density at radius 3 is 2.61 bits per heavy atom. The van der Waals surface area contributed by atoms with Gasteiger partial charge in [-0.3, -0.25) is 4.68 Å². The Bertz CT molecular complexity index is 547. The van der Waals surface area contributed by atoms with Crippen LogP contribution in [0.3, 0.4) is 0 Å². The number of nitrogens with two attached hydrogens (primary N) is 1. The van der Waals surface area contributed by atoms with E-state index in [0.717, 1.165) is 12.1 Å². The van der Waals surface area contributed by atoms with Crippen LogP contribution in [0.15, 0.2) is 30.5 Å². The van der Waals surface area contributed by atoms with Crippen LogP contribution in [-0.4, -0.2) is 15.0 Å². The van der Waals surface area contributed by atoms with E-state index in [9.17, 15) is 13.2 Å². The molecule has 0 saturated carbocycles. The van der Waals surface area contributed by atoms with Gasteiger partial charge >= 0.3 is 6.18 Å². The van der Waals surface area contributed by atoms with Crippen molar-refractivity contribution in [2.45, 2.75) is 12.2 Å². The SMILES string of the molecule is Cn1nncc1C(N)c1cccc(C(F)(F)F)c1. The molecule has 0 amide bonds. The molecular formula is C11H11F3N4. The van der Waals surface area contributed by atoms with E-state index in [0.29, 0.717) is 11.3 Å². The highest BCUT2D eigenvalue weighted by atomic mass is 19.4. The zero-order valence-corrected chi connectivity index (χ0v) is 9.52. The van der Waals surface area contributed by atoms with Crippen LogP contribution in [0.25, 0.3) is 0 Å². The van der Waals surface area contributed by atoms with Crippen molar-refractivity contribution >= 4 is 0 Å². The maximum Gasteiger partial charge on any atom is 0.416 e. The number of hydrogen-bond acceptors (Lipinski definition) is 3. The first-order valence-electron chi connectivity index (χ1n) is 5.17. The minimum atomic E-state index is -4.37. The van der Waals surface area contributed by atoms with Gasteiger partial charge in [-0.2, -0.15) is 13.2 Å². The third-order valence-corrected chi connectivity index (χ3v) is 2.64. The van der Waals surface area contributed by atoms with Crippen LogP contribution >= 0.6 is 0 Å². The van der Waals surface area contributed by atoms with E-state index < -0.39 is 17.8 Å². The second kappa shape index (κ2) is 4.41. The Hall–Kier alpha value is -1.89. The van der Waals surface area contributed by atoms with Gasteiger partial charge in [-0.15, -0.1) is 5.10 Å². The Kier molecular flexibility index (Phi) is 3.08. The number of halogens is 3. The van der Waals surface area contributed by atoms with Crippen molar-refractivity contribution in [2.75, 3.05) is 0 Å². The van der Waals surface area contributed by atoms with Crippen LogP contribution in [0.4, 0.5) is 13.2 Å². The van der Waals surface area contributed by atoms with Crippen LogP contribution in [0.2, 0.25) is 0 Å². The fraction of sp³-hybridized carbons (Fsp3) is 0.273. The first-order valence-corrected chi connectivity index (χ1v) is 5.17. The van der Waals surface area contributed by atoms with E-state index in [2.05, 4.69) is 10.3 Å². The zero-order valence-electron chi connectivity index (χ0n) is 9.52. The lowest BCUT2D eigenvalue weighted by Gasteiger charge is -2.14. The van der Waals surface area contributed by atoms with Gasteiger partial charge in [-0.05, 0) is 17.7 Å². The summed E-state index contributed by atoms with van der Waals surface area (Å²) in [5.41, 5.74) is 6.11. The summed E-state index contributed by atoms with van der Waals surface area (Å²) in [5, 5.41) is 7.35. The number of alkyl halides is 3. The molecule has 96 valence electrons. The molecule has 0 saturated heterocycles. The van der Waals surface area contributed by atoms with E-state index in [4.69, 9.17) is 5.73 Å². The average molecular weight is 256 g/mol. The maximum absolute atomic E-state index is 12.6. The second-order valence-corrected chi connectivity index (χ2v) is 3.88. The molecule has 1 heterocycles. The number of hydrogen-bond donors (Lipinski definition) is 1. The average Bonchev–Trinajstić information content (AvgIpc) is 2.73. The van der Waals surface area contributed by atoms with Crippen molar-refractivity contribution < 1.29 is 13.2 Å². The molecule has 0 spiro atoms. The molecule has 2 N–H and O–H groups in total. The van der Waals surface area contributed by atoms with Gasteiger partial charge in [0.25, 0.3) is 0 Å². The van der Waals surface area contributed by atoms with Crippen LogP contribution in [-0.2, 0) is 13.2 Å². The van der Waals surface area contributed by atoms with Crippen LogP contribution in [0, 0.1) is 0 Å². The molecule has 0 bridgehead atoms. The van der Waals surface area contributed by atoms with Crippen LogP contribution in [0.1, 0.15) is 22.9 Å². The van der Waals surface area contributed by atoms with Gasteiger partial charge in [-0.25, -0.2) is 0 Å². The fourth-order valence-corrected chi connectivity index (χ4v) is 1.66. The third kappa shape index (κ3) is 2.35. The highest BCUT2D eigenvalue weighted by molar-refractivity contribution is 5.31. The Morgan fingerprint density at radius 2 is 2.06 bits per heavy atom. The van der Waals surface area contributed by atoms with Crippen molar-refractivity contribution in [3.8, 4) is 0 Å². The molecule has 18 heavy (non-hydrogen) atoms. The minimum absolute atomic E-state index is 0.371. The molecule has 1 aromatic heterocycles. The van der Waals surface area contributed by atoms with Gasteiger partial charge in [0.05, 0.1) is 23.5 Å². The van der Waals surface area contributed by atoms with Gasteiger partial charge in [-0.1, -0.05) is 17.3 Å². The lowest BCUT2D eigenvalue weighted by Crippen LogP contribution is -2.17. The van der Waals surface area contributed by atoms with Gasteiger partial charge in [0.15, 0.2) is 0 Å². The van der Waals surface area contributed by atoms with Crippen molar-refractivity contribution in [2.24, 2.45) is 12.8 Å². The molecule has 0 aliphatic carbocycles. The van der Waals surface area contributed by atoms with Gasteiger partial charge in [0.1, 0.15) is 0 Å². The molecule has 4 nitrogen and oxygen atoms in total. The van der Waals surface area contributed by atoms with Crippen LogP contribution < -0.4 is 5.73 Å². The quantitative estimate of drug-likeness (QED) is 0.892. The monoisotopic (exact) mass is 256 g/mol. The summed E-state index contributed by atoms with van der Waals surface area (Å²) in [4.78, 5) is 0. The number of rotatable bonds is 2. The summed E-state index contributed by atoms with van der Waals surface area (Å²) in [5.74, 6) is 0. The number of nitrogens with zero attached hydrogens (tertiary/aromatic N) is 3. The molecule has 1 atom stereocenters. The molecule has 2 rings (SSSR count). The van der Waals surface area contributed by atoms with Crippen molar-refractivity contribution in [3.05, 3.63) is 47.3 Å². The van der Waals surface area contributed by atoms with Crippen molar-refractivity contribution in [3.63, 3.8) is 0 Å². The smallest absolute Gasteiger partial charge is 0.319 e. The topological polar surface area (TPSA) is 56.7 Å². The molecule has 1 unspecified atom stereocenters. The first kappa shape index (κ1) is 12.6. The summed E-state index contributed by atoms with van der Waals surface area (Å²) in [6.45, 7) is 0. The molecule has 0 aliphatic rings. The lowest BCUT2D eigenvalue weighted by atomic mass is 10.0. The summed E-state index contributed by atoms with van der Waals surface area (Å²) in [7, 11) is 1.63. The highest BCUT2D eigenvalue weighted by Gasteiger charge is 2.31. The summed E-state index contributed by atoms with van der Waals surface area (Å²) >= 11 is 0. The molecule has 2 aromatic rings. The van der Waals surface area contributed by atoms with E-state index in [-0.39, 0.29) is 0 Å². The van der Waals surface area contributed by atoms with E-state index in [1.807, 2.05) is 0 Å². The molecule has 0 radical (unpaired) electrons. The summed E-state index contributed by atoms with van der Waals surface area (Å²) in [6.07, 6.45) is -2.94. The molecule has 0 fully saturated rings. The lowest BCUT2D eigenvalue weighted by molar-refractivity contribution is -0.137. The molecular weight excluding hydrogens is 245 g/mol. The highest BCUT2D eigenvalue weighted by Crippen LogP contribution is 2.31. The first-order chi connectivity index (χ1) is 8.39. The van der Waals surface area contributed by atoms with Gasteiger partial charge in [0, 0.05) is 7.05 Å². The maximum atomic E-state index is 12.6. The Labute approximate surface area is 101 Å². The second-order valence-electron chi connectivity index (χ2n) is 3.88. The van der Waals surface area contributed by atoms with Gasteiger partial charge < -0.3 is 5.73 Å². The largest absolute Gasteiger partial charge is 0.416 e. The normalized spacial score (nSPS) is 13.6. The minimum Gasteiger partial charge on any atom is -0.319 e. The van der Waals surface area contributed by atoms with Crippen molar-refractivity contribution in [1.82, 2.24) is 15.0 Å². The molecule has 7 heteroatoms. The Balaban J connectivity index is 2.38. The third-order valence-electron chi connectivity index (χ3n) is 2.64. The van der Waals surface area contributed by atoms with Crippen LogP contribution in [0.5, 0.6) is 0 Å². The van der Waals surface area contributed by atoms with E-state index in [1.165, 1.54) is 16.9 Å².